The van der Waals surface area contributed by atoms with Crippen molar-refractivity contribution >= 4 is 15.9 Å². The van der Waals surface area contributed by atoms with Gasteiger partial charge in [0.2, 0.25) is 0 Å². The minimum Gasteiger partial charge on any atom is -0.344 e. The number of H-pyrrole nitrogens is 1. The molecule has 3 N–H and O–H groups in total. The number of hydrogen-bond donors (Lipinski definition) is 2. The molecule has 1 aromatic heterocycles. The molecule has 12 heavy (non-hydrogen) atoms. The Hall–Kier alpha value is -0.350. The molecular formula is C8H14BrN3. The van der Waals surface area contributed by atoms with Gasteiger partial charge in [0, 0.05) is 12.5 Å². The Morgan fingerprint density at radius 1 is 1.67 bits per heavy atom. The van der Waals surface area contributed by atoms with Gasteiger partial charge in [-0.2, -0.15) is 0 Å². The summed E-state index contributed by atoms with van der Waals surface area (Å²) in [6.45, 7) is 4.79. The Bertz CT molecular complexity index is 257. The Morgan fingerprint density at radius 2 is 2.33 bits per heavy atom. The van der Waals surface area contributed by atoms with Crippen molar-refractivity contribution in [2.75, 3.05) is 0 Å². The van der Waals surface area contributed by atoms with E-state index in [1.807, 2.05) is 0 Å². The molecule has 0 radical (unpaired) electrons. The molecule has 0 bridgehead atoms. The maximum absolute atomic E-state index is 5.50. The number of hydrogen-bond acceptors (Lipinski definition) is 2. The second-order valence-electron chi connectivity index (χ2n) is 2.90. The predicted octanol–water partition coefficient (Wildman–Crippen LogP) is 2.14. The highest BCUT2D eigenvalue weighted by Crippen LogP contribution is 2.20. The molecule has 1 atom stereocenters. The van der Waals surface area contributed by atoms with Crippen LogP contribution >= 0.6 is 15.9 Å². The van der Waals surface area contributed by atoms with Crippen LogP contribution in [0.2, 0.25) is 0 Å². The van der Waals surface area contributed by atoms with E-state index in [9.17, 15) is 0 Å². The first-order valence-electron chi connectivity index (χ1n) is 4.13. The summed E-state index contributed by atoms with van der Waals surface area (Å²) in [7, 11) is 0. The van der Waals surface area contributed by atoms with Gasteiger partial charge in [-0.3, -0.25) is 0 Å². The molecule has 1 rings (SSSR count). The molecule has 1 heterocycles. The van der Waals surface area contributed by atoms with Crippen LogP contribution in [-0.2, 0) is 6.54 Å². The molecule has 68 valence electrons. The van der Waals surface area contributed by atoms with E-state index < -0.39 is 0 Å². The minimum atomic E-state index is 0.474. The molecule has 0 amide bonds. The van der Waals surface area contributed by atoms with Crippen LogP contribution < -0.4 is 5.73 Å². The molecule has 3 nitrogen and oxygen atoms in total. The summed E-state index contributed by atoms with van der Waals surface area (Å²) in [6.07, 6.45) is 1.09. The van der Waals surface area contributed by atoms with Crippen LogP contribution in [0.5, 0.6) is 0 Å². The molecule has 0 aliphatic carbocycles. The molecular weight excluding hydrogens is 218 g/mol. The first-order valence-corrected chi connectivity index (χ1v) is 4.92. The lowest BCUT2D eigenvalue weighted by atomic mass is 10.1. The summed E-state index contributed by atoms with van der Waals surface area (Å²) < 4.78 is 0.848. The third-order valence-electron chi connectivity index (χ3n) is 2.03. The molecule has 0 aromatic carbocycles. The first-order chi connectivity index (χ1) is 5.69. The highest BCUT2D eigenvalue weighted by atomic mass is 79.9. The van der Waals surface area contributed by atoms with Crippen molar-refractivity contribution in [2.45, 2.75) is 32.7 Å². The monoisotopic (exact) mass is 231 g/mol. The van der Waals surface area contributed by atoms with Gasteiger partial charge in [0.15, 0.2) is 0 Å². The van der Waals surface area contributed by atoms with Gasteiger partial charge in [-0.15, -0.1) is 0 Å². The Kier molecular flexibility index (Phi) is 3.29. The Balaban J connectivity index is 2.88. The predicted molar refractivity (Wildman–Crippen MR) is 52.9 cm³/mol. The van der Waals surface area contributed by atoms with E-state index in [1.165, 1.54) is 0 Å². The second-order valence-corrected chi connectivity index (χ2v) is 3.66. The molecule has 1 aromatic rings. The van der Waals surface area contributed by atoms with Crippen molar-refractivity contribution in [1.29, 1.82) is 0 Å². The lowest BCUT2D eigenvalue weighted by molar-refractivity contribution is 0.686. The van der Waals surface area contributed by atoms with Crippen LogP contribution in [0.4, 0.5) is 0 Å². The molecule has 0 aliphatic rings. The lowest BCUT2D eigenvalue weighted by Crippen LogP contribution is -1.98. The van der Waals surface area contributed by atoms with E-state index in [4.69, 9.17) is 5.73 Å². The third-order valence-corrected chi connectivity index (χ3v) is 2.69. The van der Waals surface area contributed by atoms with Crippen molar-refractivity contribution < 1.29 is 0 Å². The molecule has 0 saturated heterocycles. The fraction of sp³-hybridized carbons (Fsp3) is 0.625. The average molecular weight is 232 g/mol. The highest BCUT2D eigenvalue weighted by molar-refractivity contribution is 9.10. The molecule has 1 unspecified atom stereocenters. The van der Waals surface area contributed by atoms with Crippen LogP contribution in [0.1, 0.15) is 37.7 Å². The van der Waals surface area contributed by atoms with Crippen LogP contribution in [0.25, 0.3) is 0 Å². The zero-order valence-corrected chi connectivity index (χ0v) is 8.98. The van der Waals surface area contributed by atoms with Crippen molar-refractivity contribution in [3.05, 3.63) is 16.1 Å². The van der Waals surface area contributed by atoms with Gasteiger partial charge in [-0.25, -0.2) is 4.98 Å². The van der Waals surface area contributed by atoms with E-state index in [0.29, 0.717) is 12.5 Å². The zero-order chi connectivity index (χ0) is 9.14. The largest absolute Gasteiger partial charge is 0.344 e. The van der Waals surface area contributed by atoms with Crippen LogP contribution in [0.3, 0.4) is 0 Å². The van der Waals surface area contributed by atoms with Gasteiger partial charge in [0.25, 0.3) is 0 Å². The van der Waals surface area contributed by atoms with E-state index >= 15 is 0 Å². The van der Waals surface area contributed by atoms with Gasteiger partial charge < -0.3 is 10.7 Å². The quantitative estimate of drug-likeness (QED) is 0.838. The number of nitrogens with two attached hydrogens (primary N) is 1. The topological polar surface area (TPSA) is 54.7 Å². The SMILES string of the molecule is CCC(C)c1nc(Br)c(CN)[nH]1. The van der Waals surface area contributed by atoms with Crippen molar-refractivity contribution in [1.82, 2.24) is 9.97 Å². The fourth-order valence-corrected chi connectivity index (χ4v) is 1.42. The smallest absolute Gasteiger partial charge is 0.128 e. The molecule has 0 saturated carbocycles. The van der Waals surface area contributed by atoms with E-state index in [2.05, 4.69) is 39.7 Å². The number of halogens is 1. The van der Waals surface area contributed by atoms with Crippen LogP contribution in [0, 0.1) is 0 Å². The summed E-state index contributed by atoms with van der Waals surface area (Å²) in [5.74, 6) is 1.49. The van der Waals surface area contributed by atoms with Gasteiger partial charge in [-0.05, 0) is 22.4 Å². The number of aromatic amines is 1. The molecule has 0 spiro atoms. The normalized spacial score (nSPS) is 13.3. The summed E-state index contributed by atoms with van der Waals surface area (Å²) in [4.78, 5) is 7.53. The van der Waals surface area contributed by atoms with Gasteiger partial charge in [-0.1, -0.05) is 13.8 Å². The number of nitrogens with zero attached hydrogens (tertiary/aromatic N) is 1. The van der Waals surface area contributed by atoms with Crippen molar-refractivity contribution in [3.63, 3.8) is 0 Å². The van der Waals surface area contributed by atoms with Crippen molar-refractivity contribution in [3.8, 4) is 0 Å². The maximum Gasteiger partial charge on any atom is 0.128 e. The summed E-state index contributed by atoms with van der Waals surface area (Å²) in [6, 6.07) is 0. The van der Waals surface area contributed by atoms with Crippen LogP contribution in [0.15, 0.2) is 4.60 Å². The first kappa shape index (κ1) is 9.74. The fourth-order valence-electron chi connectivity index (χ4n) is 0.969. The average Bonchev–Trinajstić information content (AvgIpc) is 2.45. The van der Waals surface area contributed by atoms with Gasteiger partial charge in [0.1, 0.15) is 10.4 Å². The van der Waals surface area contributed by atoms with Crippen LogP contribution in [-0.4, -0.2) is 9.97 Å². The summed E-state index contributed by atoms with van der Waals surface area (Å²) >= 11 is 3.35. The Labute approximate surface area is 80.9 Å². The van der Waals surface area contributed by atoms with E-state index in [0.717, 1.165) is 22.5 Å². The summed E-state index contributed by atoms with van der Waals surface area (Å²) in [5, 5.41) is 0. The molecule has 4 heteroatoms. The zero-order valence-electron chi connectivity index (χ0n) is 7.39. The Morgan fingerprint density at radius 3 is 2.75 bits per heavy atom. The second kappa shape index (κ2) is 4.05. The highest BCUT2D eigenvalue weighted by Gasteiger charge is 2.10. The number of imidazole rings is 1. The van der Waals surface area contributed by atoms with E-state index in [-0.39, 0.29) is 0 Å². The van der Waals surface area contributed by atoms with E-state index in [1.54, 1.807) is 0 Å². The van der Waals surface area contributed by atoms with Gasteiger partial charge >= 0.3 is 0 Å². The minimum absolute atomic E-state index is 0.474. The van der Waals surface area contributed by atoms with Crippen molar-refractivity contribution in [2.24, 2.45) is 5.73 Å². The number of aromatic nitrogens is 2. The third kappa shape index (κ3) is 1.87. The number of rotatable bonds is 3. The lowest BCUT2D eigenvalue weighted by Gasteiger charge is -2.02. The maximum atomic E-state index is 5.50. The van der Waals surface area contributed by atoms with Gasteiger partial charge in [0.05, 0.1) is 5.69 Å². The standard InChI is InChI=1S/C8H14BrN3/c1-3-5(2)8-11-6(4-10)7(9)12-8/h5H,3-4,10H2,1-2H3,(H,11,12). The molecule has 0 fully saturated rings. The molecule has 0 aliphatic heterocycles. The summed E-state index contributed by atoms with van der Waals surface area (Å²) in [5.41, 5.74) is 6.48. The number of nitrogens with one attached hydrogen (secondary N) is 1.